The lowest BCUT2D eigenvalue weighted by atomic mass is 9.91. The van der Waals surface area contributed by atoms with Crippen molar-refractivity contribution in [1.29, 1.82) is 0 Å². The molecular formula is C12H28N2. The van der Waals surface area contributed by atoms with Gasteiger partial charge in [-0.25, -0.2) is 0 Å². The Morgan fingerprint density at radius 1 is 1.14 bits per heavy atom. The van der Waals surface area contributed by atoms with Gasteiger partial charge in [-0.05, 0) is 31.7 Å². The lowest BCUT2D eigenvalue weighted by molar-refractivity contribution is 0.208. The van der Waals surface area contributed by atoms with E-state index in [0.29, 0.717) is 12.2 Å². The van der Waals surface area contributed by atoms with Crippen molar-refractivity contribution >= 4 is 0 Å². The Balaban J connectivity index is 4.11. The zero-order chi connectivity index (χ0) is 11.2. The molecule has 2 atom stereocenters. The van der Waals surface area contributed by atoms with Gasteiger partial charge < -0.3 is 5.32 Å². The first-order valence-corrected chi connectivity index (χ1v) is 5.91. The molecule has 2 N–H and O–H groups in total. The van der Waals surface area contributed by atoms with Crippen LogP contribution in [0.1, 0.15) is 54.4 Å². The van der Waals surface area contributed by atoms with Gasteiger partial charge in [0.2, 0.25) is 0 Å². The quantitative estimate of drug-likeness (QED) is 0.644. The Hall–Kier alpha value is -0.0800. The van der Waals surface area contributed by atoms with Gasteiger partial charge in [-0.1, -0.05) is 34.6 Å². The number of rotatable bonds is 6. The fourth-order valence-electron chi connectivity index (χ4n) is 1.31. The minimum Gasteiger partial charge on any atom is -0.301 e. The van der Waals surface area contributed by atoms with E-state index in [1.54, 1.807) is 0 Å². The highest BCUT2D eigenvalue weighted by atomic mass is 15.1. The summed E-state index contributed by atoms with van der Waals surface area (Å²) in [5, 5.41) is 7.19. The zero-order valence-electron chi connectivity index (χ0n) is 10.8. The van der Waals surface area contributed by atoms with Crippen LogP contribution in [0.5, 0.6) is 0 Å². The molecule has 0 aliphatic heterocycles. The highest BCUT2D eigenvalue weighted by Gasteiger charge is 2.24. The molecule has 2 nitrogen and oxygen atoms in total. The van der Waals surface area contributed by atoms with Crippen molar-refractivity contribution in [3.63, 3.8) is 0 Å². The Kier molecular flexibility index (Phi) is 6.38. The van der Waals surface area contributed by atoms with E-state index in [1.165, 1.54) is 12.8 Å². The molecule has 0 saturated carbocycles. The minimum atomic E-state index is 0.276. The first-order chi connectivity index (χ1) is 6.41. The molecule has 0 fully saturated rings. The van der Waals surface area contributed by atoms with Crippen LogP contribution in [0.25, 0.3) is 0 Å². The van der Waals surface area contributed by atoms with E-state index in [4.69, 9.17) is 0 Å². The predicted molar refractivity (Wildman–Crippen MR) is 64.4 cm³/mol. The van der Waals surface area contributed by atoms with E-state index >= 15 is 0 Å². The molecule has 0 amide bonds. The molecule has 2 unspecified atom stereocenters. The summed E-state index contributed by atoms with van der Waals surface area (Å²) in [6.07, 6.45) is 2.78. The van der Waals surface area contributed by atoms with Gasteiger partial charge in [-0.2, -0.15) is 0 Å². The molecule has 0 aromatic heterocycles. The molecule has 0 aliphatic carbocycles. The summed E-state index contributed by atoms with van der Waals surface area (Å²) < 4.78 is 0. The summed E-state index contributed by atoms with van der Waals surface area (Å²) >= 11 is 0. The average Bonchev–Trinajstić information content (AvgIpc) is 2.09. The normalized spacial score (nSPS) is 16.7. The van der Waals surface area contributed by atoms with Gasteiger partial charge in [0.25, 0.3) is 0 Å². The van der Waals surface area contributed by atoms with Crippen LogP contribution < -0.4 is 10.6 Å². The molecule has 0 spiro atoms. The third-order valence-corrected chi connectivity index (χ3v) is 2.53. The van der Waals surface area contributed by atoms with Crippen molar-refractivity contribution in [3.8, 4) is 0 Å². The second kappa shape index (κ2) is 6.41. The van der Waals surface area contributed by atoms with Crippen molar-refractivity contribution in [2.45, 2.75) is 66.6 Å². The largest absolute Gasteiger partial charge is 0.301 e. The van der Waals surface area contributed by atoms with Crippen LogP contribution in [0.4, 0.5) is 0 Å². The lowest BCUT2D eigenvalue weighted by Gasteiger charge is -2.34. The monoisotopic (exact) mass is 200 g/mol. The van der Waals surface area contributed by atoms with Gasteiger partial charge in [-0.15, -0.1) is 0 Å². The standard InChI is InChI=1S/C12H28N2/c1-7-9-13-11(12(4,5)6)14-10(3)8-2/h10-11,13-14H,7-9H2,1-6H3. The SMILES string of the molecule is CCCNC(NC(C)CC)C(C)(C)C. The smallest absolute Gasteiger partial charge is 0.0623 e. The fraction of sp³-hybridized carbons (Fsp3) is 1.00. The van der Waals surface area contributed by atoms with Gasteiger partial charge >= 0.3 is 0 Å². The third kappa shape index (κ3) is 5.61. The second-order valence-electron chi connectivity index (χ2n) is 5.23. The lowest BCUT2D eigenvalue weighted by Crippen LogP contribution is -2.53. The van der Waals surface area contributed by atoms with Crippen LogP contribution in [0.3, 0.4) is 0 Å². The van der Waals surface area contributed by atoms with Crippen molar-refractivity contribution in [2.75, 3.05) is 6.54 Å². The van der Waals surface area contributed by atoms with Crippen LogP contribution in [-0.4, -0.2) is 18.8 Å². The second-order valence-corrected chi connectivity index (χ2v) is 5.23. The summed E-state index contributed by atoms with van der Waals surface area (Å²) in [6, 6.07) is 0.587. The summed E-state index contributed by atoms with van der Waals surface area (Å²) in [5.41, 5.74) is 0.276. The summed E-state index contributed by atoms with van der Waals surface area (Å²) in [7, 11) is 0. The van der Waals surface area contributed by atoms with Crippen molar-refractivity contribution < 1.29 is 0 Å². The van der Waals surface area contributed by atoms with Gasteiger partial charge in [0.15, 0.2) is 0 Å². The molecule has 0 rings (SSSR count). The van der Waals surface area contributed by atoms with E-state index in [2.05, 4.69) is 52.2 Å². The first kappa shape index (κ1) is 13.9. The number of hydrogen-bond acceptors (Lipinski definition) is 2. The highest BCUT2D eigenvalue weighted by molar-refractivity contribution is 4.80. The fourth-order valence-corrected chi connectivity index (χ4v) is 1.31. The Morgan fingerprint density at radius 3 is 2.07 bits per heavy atom. The van der Waals surface area contributed by atoms with E-state index < -0.39 is 0 Å². The van der Waals surface area contributed by atoms with E-state index in [9.17, 15) is 0 Å². The van der Waals surface area contributed by atoms with E-state index in [-0.39, 0.29) is 5.41 Å². The van der Waals surface area contributed by atoms with Gasteiger partial charge in [0, 0.05) is 6.04 Å². The molecular weight excluding hydrogens is 172 g/mol. The molecule has 2 heteroatoms. The summed E-state index contributed by atoms with van der Waals surface area (Å²) in [4.78, 5) is 0. The van der Waals surface area contributed by atoms with Gasteiger partial charge in [0.1, 0.15) is 0 Å². The van der Waals surface area contributed by atoms with Crippen LogP contribution in [-0.2, 0) is 0 Å². The van der Waals surface area contributed by atoms with Crippen LogP contribution in [0.2, 0.25) is 0 Å². The Morgan fingerprint density at radius 2 is 1.71 bits per heavy atom. The minimum absolute atomic E-state index is 0.276. The van der Waals surface area contributed by atoms with E-state index in [1.807, 2.05) is 0 Å². The Labute approximate surface area is 89.9 Å². The van der Waals surface area contributed by atoms with Crippen molar-refractivity contribution in [2.24, 2.45) is 5.41 Å². The number of hydrogen-bond donors (Lipinski definition) is 2. The number of nitrogens with one attached hydrogen (secondary N) is 2. The Bertz CT molecular complexity index is 138. The van der Waals surface area contributed by atoms with Crippen LogP contribution in [0.15, 0.2) is 0 Å². The zero-order valence-corrected chi connectivity index (χ0v) is 10.8. The first-order valence-electron chi connectivity index (χ1n) is 5.91. The predicted octanol–water partition coefficient (Wildman–Crippen LogP) is 2.75. The maximum absolute atomic E-state index is 3.63. The maximum Gasteiger partial charge on any atom is 0.0623 e. The summed E-state index contributed by atoms with van der Waals surface area (Å²) in [5.74, 6) is 0. The average molecular weight is 200 g/mol. The van der Waals surface area contributed by atoms with Crippen molar-refractivity contribution in [3.05, 3.63) is 0 Å². The molecule has 0 aliphatic rings. The van der Waals surface area contributed by atoms with Crippen LogP contribution in [0, 0.1) is 5.41 Å². The van der Waals surface area contributed by atoms with Gasteiger partial charge in [0.05, 0.1) is 6.17 Å². The molecule has 0 aromatic carbocycles. The van der Waals surface area contributed by atoms with Gasteiger partial charge in [-0.3, -0.25) is 5.32 Å². The molecule has 0 heterocycles. The molecule has 0 saturated heterocycles. The molecule has 0 bridgehead atoms. The maximum atomic E-state index is 3.63. The molecule has 86 valence electrons. The van der Waals surface area contributed by atoms with Crippen molar-refractivity contribution in [1.82, 2.24) is 10.6 Å². The molecule has 0 radical (unpaired) electrons. The third-order valence-electron chi connectivity index (χ3n) is 2.53. The molecule has 14 heavy (non-hydrogen) atoms. The topological polar surface area (TPSA) is 24.1 Å². The summed E-state index contributed by atoms with van der Waals surface area (Å²) in [6.45, 7) is 14.6. The highest BCUT2D eigenvalue weighted by Crippen LogP contribution is 2.17. The van der Waals surface area contributed by atoms with E-state index in [0.717, 1.165) is 6.54 Å². The molecule has 0 aromatic rings. The van der Waals surface area contributed by atoms with Crippen LogP contribution >= 0.6 is 0 Å².